The summed E-state index contributed by atoms with van der Waals surface area (Å²) in [6.45, 7) is -0.355. The third-order valence-electron chi connectivity index (χ3n) is 3.61. The monoisotopic (exact) mass is 353 g/mol. The van der Waals surface area contributed by atoms with Crippen molar-refractivity contribution in [1.29, 1.82) is 0 Å². The Morgan fingerprint density at radius 2 is 1.31 bits per heavy atom. The van der Waals surface area contributed by atoms with Crippen LogP contribution in [0.3, 0.4) is 0 Å². The van der Waals surface area contributed by atoms with Gasteiger partial charge in [-0.05, 0) is 12.1 Å². The van der Waals surface area contributed by atoms with E-state index in [1.165, 1.54) is 11.9 Å². The van der Waals surface area contributed by atoms with Crippen molar-refractivity contribution in [2.45, 2.75) is 12.8 Å². The number of amides is 1. The highest BCUT2D eigenvalue weighted by molar-refractivity contribution is 5.99. The van der Waals surface area contributed by atoms with Crippen LogP contribution in [0.15, 0.2) is 60.7 Å². The molecule has 0 heterocycles. The van der Waals surface area contributed by atoms with Crippen LogP contribution in [0.1, 0.15) is 33.6 Å². The van der Waals surface area contributed by atoms with E-state index in [2.05, 4.69) is 4.74 Å². The number of nitrogens with zero attached hydrogens (tertiary/aromatic N) is 1. The van der Waals surface area contributed by atoms with Gasteiger partial charge in [-0.3, -0.25) is 14.4 Å². The third-order valence-corrected chi connectivity index (χ3v) is 3.61. The Kier molecular flexibility index (Phi) is 6.79. The molecule has 6 nitrogen and oxygen atoms in total. The molecule has 0 aliphatic rings. The maximum absolute atomic E-state index is 12.1. The summed E-state index contributed by atoms with van der Waals surface area (Å²) in [6, 6.07) is 17.0. The highest BCUT2D eigenvalue weighted by Gasteiger charge is 2.18. The molecule has 0 spiro atoms. The van der Waals surface area contributed by atoms with E-state index in [0.717, 1.165) is 0 Å². The second kappa shape index (κ2) is 9.27. The van der Waals surface area contributed by atoms with Crippen molar-refractivity contribution in [2.75, 3.05) is 13.6 Å². The Bertz CT molecular complexity index is 786. The average molecular weight is 353 g/mol. The summed E-state index contributed by atoms with van der Waals surface area (Å²) in [6.07, 6.45) is -0.245. The zero-order valence-corrected chi connectivity index (χ0v) is 14.4. The number of carbonyl (C=O) groups excluding carboxylic acids is 4. The molecule has 0 unspecified atom stereocenters. The van der Waals surface area contributed by atoms with E-state index in [4.69, 9.17) is 0 Å². The van der Waals surface area contributed by atoms with Crippen LogP contribution in [0.25, 0.3) is 0 Å². The molecular formula is C20H19NO5. The van der Waals surface area contributed by atoms with Crippen LogP contribution in [-0.4, -0.2) is 42.1 Å². The molecule has 0 aliphatic heterocycles. The minimum absolute atomic E-state index is 0.0467. The fourth-order valence-corrected chi connectivity index (χ4v) is 2.26. The van der Waals surface area contributed by atoms with E-state index >= 15 is 0 Å². The molecule has 0 aliphatic carbocycles. The molecule has 0 N–H and O–H groups in total. The molecule has 26 heavy (non-hydrogen) atoms. The summed E-state index contributed by atoms with van der Waals surface area (Å²) in [5.41, 5.74) is 0.933. The first kappa shape index (κ1) is 19.1. The van der Waals surface area contributed by atoms with E-state index in [9.17, 15) is 19.2 Å². The Hall–Kier alpha value is -3.28. The van der Waals surface area contributed by atoms with Crippen molar-refractivity contribution in [1.82, 2.24) is 4.90 Å². The molecule has 0 saturated heterocycles. The largest absolute Gasteiger partial charge is 0.392 e. The van der Waals surface area contributed by atoms with Crippen LogP contribution in [0, 0.1) is 0 Å². The summed E-state index contributed by atoms with van der Waals surface area (Å²) in [4.78, 5) is 48.7. The highest BCUT2D eigenvalue weighted by Crippen LogP contribution is 2.07. The SMILES string of the molecule is CN(CC(=O)OC(=O)CCC(=O)c1ccccc1)C(=O)c1ccccc1. The van der Waals surface area contributed by atoms with Crippen LogP contribution >= 0.6 is 0 Å². The molecule has 2 rings (SSSR count). The molecule has 0 aromatic heterocycles. The zero-order chi connectivity index (χ0) is 18.9. The van der Waals surface area contributed by atoms with Gasteiger partial charge in [0.1, 0.15) is 6.54 Å². The number of rotatable bonds is 7. The average Bonchev–Trinajstić information content (AvgIpc) is 2.66. The van der Waals surface area contributed by atoms with E-state index < -0.39 is 11.9 Å². The zero-order valence-electron chi connectivity index (χ0n) is 14.4. The number of esters is 2. The predicted octanol–water partition coefficient (Wildman–Crippen LogP) is 2.49. The van der Waals surface area contributed by atoms with Gasteiger partial charge in [-0.25, -0.2) is 4.79 Å². The first-order chi connectivity index (χ1) is 12.5. The number of likely N-dealkylation sites (N-methyl/N-ethyl adjacent to an activating group) is 1. The van der Waals surface area contributed by atoms with E-state index in [0.29, 0.717) is 11.1 Å². The van der Waals surface area contributed by atoms with Crippen molar-refractivity contribution >= 4 is 23.6 Å². The smallest absolute Gasteiger partial charge is 0.333 e. The second-order valence-corrected chi connectivity index (χ2v) is 5.66. The summed E-state index contributed by atoms with van der Waals surface area (Å²) < 4.78 is 4.67. The summed E-state index contributed by atoms with van der Waals surface area (Å²) >= 11 is 0. The number of ether oxygens (including phenoxy) is 1. The summed E-state index contributed by atoms with van der Waals surface area (Å²) in [7, 11) is 1.44. The standard InChI is InChI=1S/C20H19NO5/c1-21(20(25)16-10-6-3-7-11-16)14-19(24)26-18(23)13-12-17(22)15-8-4-2-5-9-15/h2-11H,12-14H2,1H3. The van der Waals surface area contributed by atoms with Crippen LogP contribution < -0.4 is 0 Å². The number of ketones is 1. The van der Waals surface area contributed by atoms with Crippen molar-refractivity contribution < 1.29 is 23.9 Å². The lowest BCUT2D eigenvalue weighted by atomic mass is 10.1. The van der Waals surface area contributed by atoms with Crippen molar-refractivity contribution in [3.05, 3.63) is 71.8 Å². The Balaban J connectivity index is 1.77. The van der Waals surface area contributed by atoms with Gasteiger partial charge in [0, 0.05) is 24.6 Å². The van der Waals surface area contributed by atoms with Gasteiger partial charge in [0.2, 0.25) is 0 Å². The summed E-state index contributed by atoms with van der Waals surface area (Å²) in [5.74, 6) is -2.19. The molecule has 0 bridgehead atoms. The molecule has 0 radical (unpaired) electrons. The van der Waals surface area contributed by atoms with Crippen molar-refractivity contribution in [2.24, 2.45) is 0 Å². The van der Waals surface area contributed by atoms with Gasteiger partial charge in [-0.1, -0.05) is 48.5 Å². The molecule has 2 aromatic carbocycles. The van der Waals surface area contributed by atoms with Crippen LogP contribution in [0.5, 0.6) is 0 Å². The fraction of sp³-hybridized carbons (Fsp3) is 0.200. The number of benzene rings is 2. The molecule has 2 aromatic rings. The maximum atomic E-state index is 12.1. The molecule has 6 heteroatoms. The van der Waals surface area contributed by atoms with Crippen LogP contribution in [-0.2, 0) is 14.3 Å². The van der Waals surface area contributed by atoms with E-state index in [-0.39, 0.29) is 31.1 Å². The molecular weight excluding hydrogens is 334 g/mol. The second-order valence-electron chi connectivity index (χ2n) is 5.66. The molecule has 134 valence electrons. The molecule has 0 atom stereocenters. The van der Waals surface area contributed by atoms with Gasteiger partial charge < -0.3 is 9.64 Å². The molecule has 1 amide bonds. The van der Waals surface area contributed by atoms with Crippen molar-refractivity contribution in [3.8, 4) is 0 Å². The van der Waals surface area contributed by atoms with Crippen LogP contribution in [0.4, 0.5) is 0 Å². The predicted molar refractivity (Wildman–Crippen MR) is 94.5 cm³/mol. The number of hydrogen-bond donors (Lipinski definition) is 0. The number of Topliss-reactive ketones (excluding diaryl/α,β-unsaturated/α-hetero) is 1. The van der Waals surface area contributed by atoms with Crippen molar-refractivity contribution in [3.63, 3.8) is 0 Å². The van der Waals surface area contributed by atoms with Gasteiger partial charge in [0.25, 0.3) is 5.91 Å². The Labute approximate surface area is 151 Å². The van der Waals surface area contributed by atoms with Crippen LogP contribution in [0.2, 0.25) is 0 Å². The van der Waals surface area contributed by atoms with Gasteiger partial charge in [-0.15, -0.1) is 0 Å². The first-order valence-electron chi connectivity index (χ1n) is 8.09. The lowest BCUT2D eigenvalue weighted by molar-refractivity contribution is -0.159. The van der Waals surface area contributed by atoms with Gasteiger partial charge in [0.15, 0.2) is 5.78 Å². The third kappa shape index (κ3) is 5.66. The topological polar surface area (TPSA) is 80.8 Å². The lowest BCUT2D eigenvalue weighted by Crippen LogP contribution is -2.33. The first-order valence-corrected chi connectivity index (χ1v) is 8.09. The Morgan fingerprint density at radius 3 is 1.88 bits per heavy atom. The lowest BCUT2D eigenvalue weighted by Gasteiger charge is -2.15. The van der Waals surface area contributed by atoms with Gasteiger partial charge in [0.05, 0.1) is 6.42 Å². The van der Waals surface area contributed by atoms with Gasteiger partial charge >= 0.3 is 11.9 Å². The Morgan fingerprint density at radius 1 is 0.769 bits per heavy atom. The minimum Gasteiger partial charge on any atom is -0.392 e. The van der Waals surface area contributed by atoms with E-state index in [1.54, 1.807) is 60.7 Å². The normalized spacial score (nSPS) is 10.0. The minimum atomic E-state index is -0.839. The molecule has 0 fully saturated rings. The fourth-order valence-electron chi connectivity index (χ4n) is 2.26. The number of hydrogen-bond acceptors (Lipinski definition) is 5. The number of carbonyl (C=O) groups is 4. The quantitative estimate of drug-likeness (QED) is 0.434. The van der Waals surface area contributed by atoms with Gasteiger partial charge in [-0.2, -0.15) is 0 Å². The highest BCUT2D eigenvalue weighted by atomic mass is 16.6. The summed E-state index contributed by atoms with van der Waals surface area (Å²) in [5, 5.41) is 0. The van der Waals surface area contributed by atoms with E-state index in [1.807, 2.05) is 0 Å². The molecule has 0 saturated carbocycles. The maximum Gasteiger partial charge on any atom is 0.333 e.